The van der Waals surface area contributed by atoms with Gasteiger partial charge in [-0.15, -0.1) is 0 Å². The van der Waals surface area contributed by atoms with Crippen LogP contribution in [0.1, 0.15) is 91.2 Å². The van der Waals surface area contributed by atoms with Crippen LogP contribution < -0.4 is 4.90 Å². The van der Waals surface area contributed by atoms with Gasteiger partial charge in [-0.3, -0.25) is 9.11 Å². The highest BCUT2D eigenvalue weighted by Gasteiger charge is 2.46. The first kappa shape index (κ1) is 40.1. The zero-order chi connectivity index (χ0) is 40.4. The van der Waals surface area contributed by atoms with E-state index in [4.69, 9.17) is 11.6 Å². The Morgan fingerprint density at radius 2 is 1.36 bits per heavy atom. The number of fused-ring (bicyclic) bond motifs is 6. The van der Waals surface area contributed by atoms with E-state index in [0.29, 0.717) is 0 Å². The number of anilines is 1. The largest absolute Gasteiger partial charge is 0.344 e. The standard InChI is InChI=1S/C45H49ClN2O6S2/c1-7-9-25-47-37-21-13-31-27-33(55(49,50)51)17-19-35(31)41(37)44(3,4)39(47)23-15-29-11-12-30(43(29)46)16-24-40-45(5,6)42-36-20-18-34(56(52,53)54)28-32(36)14-22-38(42)48(40)26-10-8-2/h13-24,27-28H,7-12,25-26H2,1-6H3,(H-,49,50,51,52,53,54)/p+1. The highest BCUT2D eigenvalue weighted by Crippen LogP contribution is 2.51. The Kier molecular flexibility index (Phi) is 10.5. The van der Waals surface area contributed by atoms with Gasteiger partial charge in [-0.05, 0) is 114 Å². The molecule has 0 saturated heterocycles. The van der Waals surface area contributed by atoms with E-state index >= 15 is 0 Å². The van der Waals surface area contributed by atoms with E-state index in [1.165, 1.54) is 24.3 Å². The van der Waals surface area contributed by atoms with Crippen molar-refractivity contribution < 1.29 is 30.5 Å². The zero-order valence-electron chi connectivity index (χ0n) is 32.9. The average molecular weight is 814 g/mol. The SMILES string of the molecule is CCCCN1/C(=C/C=C2\CCC(/C=C/C3=[N+](CCCC)c4ccc5cc(S(=O)(=O)O)ccc5c4C3(C)C)=C2Cl)C(C)(C)c2c1ccc1cc(S(=O)(=O)O)ccc21. The summed E-state index contributed by atoms with van der Waals surface area (Å²) >= 11 is 7.19. The fourth-order valence-electron chi connectivity index (χ4n) is 8.95. The smallest absolute Gasteiger partial charge is 0.294 e. The third-order valence-corrected chi connectivity index (χ3v) is 14.0. The third kappa shape index (κ3) is 6.98. The molecule has 0 radical (unpaired) electrons. The fourth-order valence-corrected chi connectivity index (χ4v) is 10.3. The first-order valence-electron chi connectivity index (χ1n) is 19.4. The van der Waals surface area contributed by atoms with E-state index in [1.54, 1.807) is 12.1 Å². The van der Waals surface area contributed by atoms with Crippen molar-refractivity contribution in [1.82, 2.24) is 0 Å². The summed E-state index contributed by atoms with van der Waals surface area (Å²) in [5.74, 6) is 0. The van der Waals surface area contributed by atoms with E-state index in [-0.39, 0.29) is 9.79 Å². The van der Waals surface area contributed by atoms with Crippen molar-refractivity contribution in [3.63, 3.8) is 0 Å². The predicted molar refractivity (Wildman–Crippen MR) is 228 cm³/mol. The van der Waals surface area contributed by atoms with Crippen molar-refractivity contribution in [2.75, 3.05) is 18.0 Å². The van der Waals surface area contributed by atoms with Crippen LogP contribution in [-0.2, 0) is 31.1 Å². The number of hydrogen-bond acceptors (Lipinski definition) is 5. The molecule has 0 aromatic heterocycles. The first-order valence-corrected chi connectivity index (χ1v) is 22.7. The Morgan fingerprint density at radius 3 is 1.96 bits per heavy atom. The van der Waals surface area contributed by atoms with Crippen LogP contribution in [0, 0.1) is 0 Å². The van der Waals surface area contributed by atoms with Gasteiger partial charge in [-0.25, -0.2) is 0 Å². The lowest BCUT2D eigenvalue weighted by Crippen LogP contribution is -2.28. The number of benzene rings is 4. The van der Waals surface area contributed by atoms with E-state index in [0.717, 1.165) is 123 Å². The summed E-state index contributed by atoms with van der Waals surface area (Å²) in [6.45, 7) is 14.9. The first-order chi connectivity index (χ1) is 26.4. The van der Waals surface area contributed by atoms with Crippen molar-refractivity contribution in [2.45, 2.75) is 101 Å². The van der Waals surface area contributed by atoms with Gasteiger partial charge in [0.1, 0.15) is 6.54 Å². The molecule has 0 saturated carbocycles. The molecule has 2 aliphatic heterocycles. The average Bonchev–Trinajstić information content (AvgIpc) is 3.68. The maximum Gasteiger partial charge on any atom is 0.294 e. The Morgan fingerprint density at radius 1 is 0.750 bits per heavy atom. The number of halogens is 1. The van der Waals surface area contributed by atoms with Crippen molar-refractivity contribution in [1.29, 1.82) is 0 Å². The second-order valence-electron chi connectivity index (χ2n) is 16.2. The Bertz CT molecular complexity index is 2690. The Balaban J connectivity index is 1.24. The van der Waals surface area contributed by atoms with Crippen LogP contribution in [0.5, 0.6) is 0 Å². The highest BCUT2D eigenvalue weighted by molar-refractivity contribution is 7.86. The lowest BCUT2D eigenvalue weighted by atomic mass is 9.79. The lowest BCUT2D eigenvalue weighted by Gasteiger charge is -2.27. The molecule has 56 heavy (non-hydrogen) atoms. The van der Waals surface area contributed by atoms with Crippen LogP contribution in [-0.4, -0.2) is 49.3 Å². The van der Waals surface area contributed by atoms with Gasteiger partial charge >= 0.3 is 0 Å². The predicted octanol–water partition coefficient (Wildman–Crippen LogP) is 10.9. The second-order valence-corrected chi connectivity index (χ2v) is 19.4. The maximum atomic E-state index is 11.9. The number of hydrogen-bond donors (Lipinski definition) is 2. The molecule has 0 atom stereocenters. The van der Waals surface area contributed by atoms with Gasteiger partial charge in [0.05, 0.1) is 15.2 Å². The molecule has 0 fully saturated rings. The van der Waals surface area contributed by atoms with Crippen LogP contribution >= 0.6 is 11.6 Å². The van der Waals surface area contributed by atoms with E-state index in [1.807, 2.05) is 12.1 Å². The van der Waals surface area contributed by atoms with Crippen LogP contribution in [0.25, 0.3) is 21.5 Å². The van der Waals surface area contributed by atoms with Crippen molar-refractivity contribution in [3.05, 3.63) is 118 Å². The summed E-state index contributed by atoms with van der Waals surface area (Å²) in [5.41, 5.74) is 8.14. The summed E-state index contributed by atoms with van der Waals surface area (Å²) in [5, 5.41) is 4.20. The molecule has 2 heterocycles. The maximum absolute atomic E-state index is 11.9. The molecular formula is C45H50ClN2O6S2+. The minimum absolute atomic E-state index is 0.116. The third-order valence-electron chi connectivity index (χ3n) is 11.8. The highest BCUT2D eigenvalue weighted by atomic mass is 35.5. The molecule has 4 aromatic rings. The molecule has 4 aromatic carbocycles. The van der Waals surface area contributed by atoms with E-state index in [2.05, 4.69) is 87.5 Å². The van der Waals surface area contributed by atoms with Crippen molar-refractivity contribution >= 4 is 70.5 Å². The van der Waals surface area contributed by atoms with Crippen molar-refractivity contribution in [3.8, 4) is 0 Å². The van der Waals surface area contributed by atoms with Crippen molar-refractivity contribution in [2.24, 2.45) is 0 Å². The quantitative estimate of drug-likeness (QED) is 0.114. The second kappa shape index (κ2) is 14.7. The molecule has 0 amide bonds. The molecule has 0 spiro atoms. The molecule has 1 aliphatic carbocycles. The Labute approximate surface area is 336 Å². The Hall–Kier alpha value is -4.06. The normalized spacial score (nSPS) is 19.5. The lowest BCUT2D eigenvalue weighted by molar-refractivity contribution is -0.438. The molecule has 7 rings (SSSR count). The van der Waals surface area contributed by atoms with Gasteiger partial charge in [-0.2, -0.15) is 21.4 Å². The van der Waals surface area contributed by atoms with Gasteiger partial charge in [0, 0.05) is 52.5 Å². The van der Waals surface area contributed by atoms with Gasteiger partial charge in [0.15, 0.2) is 5.71 Å². The van der Waals surface area contributed by atoms with Crippen LogP contribution in [0.4, 0.5) is 11.4 Å². The molecule has 0 bridgehead atoms. The summed E-state index contributed by atoms with van der Waals surface area (Å²) < 4.78 is 69.5. The summed E-state index contributed by atoms with van der Waals surface area (Å²) in [4.78, 5) is 2.15. The van der Waals surface area contributed by atoms with Gasteiger partial charge in [0.25, 0.3) is 20.2 Å². The minimum Gasteiger partial charge on any atom is -0.344 e. The van der Waals surface area contributed by atoms with Gasteiger partial charge in [0.2, 0.25) is 5.69 Å². The molecule has 3 aliphatic rings. The van der Waals surface area contributed by atoms with Crippen LogP contribution in [0.15, 0.2) is 117 Å². The number of allylic oxidation sites excluding steroid dienone is 8. The molecule has 294 valence electrons. The fraction of sp³-hybridized carbons (Fsp3) is 0.356. The number of unbranched alkanes of at least 4 members (excludes halogenated alkanes) is 2. The van der Waals surface area contributed by atoms with E-state index < -0.39 is 31.1 Å². The molecular weight excluding hydrogens is 764 g/mol. The molecule has 0 unspecified atom stereocenters. The monoisotopic (exact) mass is 813 g/mol. The minimum atomic E-state index is -4.32. The molecule has 2 N–H and O–H groups in total. The van der Waals surface area contributed by atoms with Crippen LogP contribution in [0.3, 0.4) is 0 Å². The molecule has 8 nitrogen and oxygen atoms in total. The van der Waals surface area contributed by atoms with Gasteiger partial charge in [-0.1, -0.05) is 82.5 Å². The van der Waals surface area contributed by atoms with E-state index in [9.17, 15) is 25.9 Å². The van der Waals surface area contributed by atoms with Gasteiger partial charge < -0.3 is 4.90 Å². The summed E-state index contributed by atoms with van der Waals surface area (Å²) in [6, 6.07) is 17.6. The van der Waals surface area contributed by atoms with Crippen LogP contribution in [0.2, 0.25) is 0 Å². The zero-order valence-corrected chi connectivity index (χ0v) is 35.2. The topological polar surface area (TPSA) is 115 Å². The number of nitrogens with zero attached hydrogens (tertiary/aromatic N) is 2. The number of rotatable bonds is 11. The summed E-state index contributed by atoms with van der Waals surface area (Å²) in [7, 11) is -8.65. The molecule has 11 heteroatoms. The summed E-state index contributed by atoms with van der Waals surface area (Å²) in [6.07, 6.45) is 14.4.